The standard InChI is InChI=1S/C11H12N2O3S3/c14-10-9-8(3-4-18-9)12-11(17)13(10)6-7-2-1-5-19(7,15)16/h3-4,7H,1-2,5-6H2,(H,12,17). The smallest absolute Gasteiger partial charge is 0.272 e. The number of hydrogen-bond acceptors (Lipinski definition) is 5. The fourth-order valence-electron chi connectivity index (χ4n) is 2.40. The molecule has 0 amide bonds. The third-order valence-electron chi connectivity index (χ3n) is 3.44. The summed E-state index contributed by atoms with van der Waals surface area (Å²) in [5.41, 5.74) is 0.515. The Labute approximate surface area is 118 Å². The van der Waals surface area contributed by atoms with Crippen molar-refractivity contribution >= 4 is 43.6 Å². The Hall–Kier alpha value is -0.990. The van der Waals surface area contributed by atoms with Gasteiger partial charge in [0.2, 0.25) is 0 Å². The van der Waals surface area contributed by atoms with Gasteiger partial charge in [-0.1, -0.05) is 0 Å². The lowest BCUT2D eigenvalue weighted by Crippen LogP contribution is -2.30. The van der Waals surface area contributed by atoms with Crippen LogP contribution in [0, 0.1) is 4.77 Å². The van der Waals surface area contributed by atoms with Crippen LogP contribution in [0.1, 0.15) is 12.8 Å². The number of H-pyrrole nitrogens is 1. The molecular weight excluding hydrogens is 304 g/mol. The van der Waals surface area contributed by atoms with E-state index in [2.05, 4.69) is 4.98 Å². The maximum absolute atomic E-state index is 12.3. The fraction of sp³-hybridized carbons (Fsp3) is 0.455. The summed E-state index contributed by atoms with van der Waals surface area (Å²) >= 11 is 6.49. The Morgan fingerprint density at radius 1 is 1.53 bits per heavy atom. The van der Waals surface area contributed by atoms with Gasteiger partial charge in [-0.3, -0.25) is 9.36 Å². The van der Waals surface area contributed by atoms with Crippen molar-refractivity contribution in [2.45, 2.75) is 24.6 Å². The predicted molar refractivity (Wildman–Crippen MR) is 78.1 cm³/mol. The van der Waals surface area contributed by atoms with Crippen molar-refractivity contribution in [2.24, 2.45) is 0 Å². The molecule has 102 valence electrons. The molecule has 3 heterocycles. The minimum Gasteiger partial charge on any atom is -0.331 e. The molecule has 1 aliphatic heterocycles. The Morgan fingerprint density at radius 3 is 3.00 bits per heavy atom. The third-order valence-corrected chi connectivity index (χ3v) is 6.92. The summed E-state index contributed by atoms with van der Waals surface area (Å²) in [6, 6.07) is 1.80. The van der Waals surface area contributed by atoms with Gasteiger partial charge in [-0.25, -0.2) is 8.42 Å². The third kappa shape index (κ3) is 2.17. The summed E-state index contributed by atoms with van der Waals surface area (Å²) in [6.07, 6.45) is 1.27. The maximum Gasteiger partial charge on any atom is 0.272 e. The number of aromatic amines is 1. The first-order valence-electron chi connectivity index (χ1n) is 5.91. The molecule has 1 unspecified atom stereocenters. The number of fused-ring (bicyclic) bond motifs is 1. The highest BCUT2D eigenvalue weighted by molar-refractivity contribution is 7.92. The summed E-state index contributed by atoms with van der Waals surface area (Å²) in [4.78, 5) is 15.3. The van der Waals surface area contributed by atoms with Crippen LogP contribution in [-0.2, 0) is 16.4 Å². The lowest BCUT2D eigenvalue weighted by molar-refractivity contribution is 0.556. The number of aromatic nitrogens is 2. The molecule has 8 heteroatoms. The van der Waals surface area contributed by atoms with Gasteiger partial charge in [-0.15, -0.1) is 11.3 Å². The first-order chi connectivity index (χ1) is 8.99. The number of sulfone groups is 1. The van der Waals surface area contributed by atoms with E-state index in [1.807, 2.05) is 5.38 Å². The maximum atomic E-state index is 12.3. The van der Waals surface area contributed by atoms with Crippen molar-refractivity contribution in [1.82, 2.24) is 9.55 Å². The second-order valence-electron chi connectivity index (χ2n) is 4.64. The topological polar surface area (TPSA) is 71.9 Å². The molecule has 0 saturated carbocycles. The van der Waals surface area contributed by atoms with Crippen LogP contribution in [0.25, 0.3) is 10.2 Å². The molecule has 5 nitrogen and oxygen atoms in total. The molecule has 2 aromatic rings. The van der Waals surface area contributed by atoms with Gasteiger partial charge in [0, 0.05) is 6.54 Å². The average Bonchev–Trinajstić information content (AvgIpc) is 2.91. The SMILES string of the molecule is O=c1c2sccc2[nH]c(=S)n1CC1CCCS1(=O)=O. The van der Waals surface area contributed by atoms with Crippen molar-refractivity contribution in [3.8, 4) is 0 Å². The largest absolute Gasteiger partial charge is 0.331 e. The number of rotatable bonds is 2. The van der Waals surface area contributed by atoms with Crippen LogP contribution >= 0.6 is 23.6 Å². The molecule has 1 saturated heterocycles. The molecule has 1 atom stereocenters. The number of hydrogen-bond donors (Lipinski definition) is 1. The average molecular weight is 316 g/mol. The highest BCUT2D eigenvalue weighted by atomic mass is 32.2. The summed E-state index contributed by atoms with van der Waals surface area (Å²) in [5, 5.41) is 1.33. The van der Waals surface area contributed by atoms with E-state index < -0.39 is 15.1 Å². The lowest BCUT2D eigenvalue weighted by Gasteiger charge is -2.11. The highest BCUT2D eigenvalue weighted by Crippen LogP contribution is 2.22. The van der Waals surface area contributed by atoms with Gasteiger partial charge in [-0.2, -0.15) is 0 Å². The molecule has 0 bridgehead atoms. The summed E-state index contributed by atoms with van der Waals surface area (Å²) in [5.74, 6) is 0.212. The zero-order valence-corrected chi connectivity index (χ0v) is 12.4. The molecule has 19 heavy (non-hydrogen) atoms. The van der Waals surface area contributed by atoms with Gasteiger partial charge in [0.1, 0.15) is 4.70 Å². The van der Waals surface area contributed by atoms with E-state index in [1.54, 1.807) is 6.07 Å². The Bertz CT molecular complexity index is 844. The summed E-state index contributed by atoms with van der Waals surface area (Å²) in [7, 11) is -3.08. The normalized spacial score (nSPS) is 22.0. The Kier molecular flexibility index (Phi) is 3.11. The second kappa shape index (κ2) is 4.53. The zero-order valence-electron chi connectivity index (χ0n) is 9.96. The molecule has 2 aromatic heterocycles. The molecular formula is C11H12N2O3S3. The molecule has 0 aliphatic carbocycles. The number of nitrogens with one attached hydrogen (secondary N) is 1. The molecule has 0 radical (unpaired) electrons. The second-order valence-corrected chi connectivity index (χ2v) is 8.34. The van der Waals surface area contributed by atoms with Gasteiger partial charge >= 0.3 is 0 Å². The minimum absolute atomic E-state index is 0.157. The van der Waals surface area contributed by atoms with E-state index in [0.29, 0.717) is 23.1 Å². The van der Waals surface area contributed by atoms with E-state index in [4.69, 9.17) is 12.2 Å². The van der Waals surface area contributed by atoms with Crippen LogP contribution in [0.2, 0.25) is 0 Å². The molecule has 0 spiro atoms. The van der Waals surface area contributed by atoms with Gasteiger partial charge in [-0.05, 0) is 36.5 Å². The molecule has 1 fully saturated rings. The van der Waals surface area contributed by atoms with Gasteiger partial charge in [0.25, 0.3) is 5.56 Å². The van der Waals surface area contributed by atoms with Crippen LogP contribution in [0.15, 0.2) is 16.2 Å². The first-order valence-corrected chi connectivity index (χ1v) is 8.91. The van der Waals surface area contributed by atoms with Crippen molar-refractivity contribution in [3.05, 3.63) is 26.6 Å². The van der Waals surface area contributed by atoms with Crippen LogP contribution in [-0.4, -0.2) is 29.0 Å². The monoisotopic (exact) mass is 316 g/mol. The van der Waals surface area contributed by atoms with Gasteiger partial charge < -0.3 is 4.98 Å². The fourth-order valence-corrected chi connectivity index (χ4v) is 5.27. The molecule has 0 aromatic carbocycles. The molecule has 1 aliphatic rings. The van der Waals surface area contributed by atoms with Crippen LogP contribution in [0.5, 0.6) is 0 Å². The van der Waals surface area contributed by atoms with Crippen molar-refractivity contribution < 1.29 is 8.42 Å². The highest BCUT2D eigenvalue weighted by Gasteiger charge is 2.32. The van der Waals surface area contributed by atoms with Crippen LogP contribution in [0.3, 0.4) is 0 Å². The van der Waals surface area contributed by atoms with E-state index in [1.165, 1.54) is 15.9 Å². The number of nitrogens with zero attached hydrogens (tertiary/aromatic N) is 1. The van der Waals surface area contributed by atoms with E-state index >= 15 is 0 Å². The van der Waals surface area contributed by atoms with E-state index in [9.17, 15) is 13.2 Å². The summed E-state index contributed by atoms with van der Waals surface area (Å²) in [6.45, 7) is 0.157. The Morgan fingerprint density at radius 2 is 2.32 bits per heavy atom. The quantitative estimate of drug-likeness (QED) is 0.856. The van der Waals surface area contributed by atoms with E-state index in [0.717, 1.165) is 0 Å². The summed E-state index contributed by atoms with van der Waals surface area (Å²) < 4.78 is 25.9. The zero-order chi connectivity index (χ0) is 13.6. The van der Waals surface area contributed by atoms with Crippen molar-refractivity contribution in [2.75, 3.05) is 5.75 Å². The minimum atomic E-state index is -3.08. The van der Waals surface area contributed by atoms with E-state index in [-0.39, 0.29) is 22.6 Å². The van der Waals surface area contributed by atoms with Gasteiger partial charge in [0.15, 0.2) is 14.6 Å². The predicted octanol–water partition coefficient (Wildman–Crippen LogP) is 1.70. The Balaban J connectivity index is 2.11. The lowest BCUT2D eigenvalue weighted by atomic mass is 10.2. The molecule has 3 rings (SSSR count). The molecule has 1 N–H and O–H groups in total. The van der Waals surface area contributed by atoms with Gasteiger partial charge in [0.05, 0.1) is 16.5 Å². The first kappa shape index (κ1) is 13.0. The van der Waals surface area contributed by atoms with Crippen LogP contribution < -0.4 is 5.56 Å². The van der Waals surface area contributed by atoms with Crippen molar-refractivity contribution in [3.63, 3.8) is 0 Å². The van der Waals surface area contributed by atoms with Crippen molar-refractivity contribution in [1.29, 1.82) is 0 Å². The number of thiophene rings is 1. The van der Waals surface area contributed by atoms with Crippen LogP contribution in [0.4, 0.5) is 0 Å².